The van der Waals surface area contributed by atoms with Crippen molar-refractivity contribution in [2.24, 2.45) is 10.1 Å². The standard InChI is InChI=1S/C21H13F4N3/c22-16-10-8-13(9-11-16)20-26-18-7-2-1-6-17(18)19(27-28-20)14-4-3-5-15(12-14)21(23,24)25/h1-12H,(H,26,28). The number of rotatable bonds is 2. The zero-order valence-electron chi connectivity index (χ0n) is 14.3. The number of nitrogens with zero attached hydrogens (tertiary/aromatic N) is 2. The Morgan fingerprint density at radius 1 is 0.786 bits per heavy atom. The van der Waals surface area contributed by atoms with Gasteiger partial charge in [0.15, 0.2) is 5.84 Å². The molecule has 7 heteroatoms. The molecule has 3 aromatic carbocycles. The molecule has 0 unspecified atom stereocenters. The molecular weight excluding hydrogens is 370 g/mol. The first-order valence-electron chi connectivity index (χ1n) is 8.37. The van der Waals surface area contributed by atoms with Gasteiger partial charge in [-0.15, -0.1) is 0 Å². The second-order valence-electron chi connectivity index (χ2n) is 6.14. The van der Waals surface area contributed by atoms with Gasteiger partial charge in [-0.3, -0.25) is 5.43 Å². The topological polar surface area (TPSA) is 36.8 Å². The second-order valence-corrected chi connectivity index (χ2v) is 6.14. The van der Waals surface area contributed by atoms with Crippen LogP contribution in [-0.2, 0) is 6.18 Å². The molecule has 4 rings (SSSR count). The highest BCUT2D eigenvalue weighted by atomic mass is 19.4. The molecule has 0 fully saturated rings. The Hall–Kier alpha value is -3.48. The van der Waals surface area contributed by atoms with Gasteiger partial charge < -0.3 is 0 Å². The maximum absolute atomic E-state index is 13.2. The maximum atomic E-state index is 13.2. The van der Waals surface area contributed by atoms with Crippen LogP contribution in [0.4, 0.5) is 23.2 Å². The van der Waals surface area contributed by atoms with Crippen molar-refractivity contribution in [3.63, 3.8) is 0 Å². The normalized spacial score (nSPS) is 13.7. The van der Waals surface area contributed by atoms with Crippen LogP contribution in [0.2, 0.25) is 0 Å². The number of hydrazone groups is 1. The van der Waals surface area contributed by atoms with E-state index in [2.05, 4.69) is 15.5 Å². The third kappa shape index (κ3) is 3.51. The monoisotopic (exact) mass is 383 g/mol. The molecule has 0 bridgehead atoms. The first kappa shape index (κ1) is 17.9. The van der Waals surface area contributed by atoms with Gasteiger partial charge in [0.2, 0.25) is 0 Å². The van der Waals surface area contributed by atoms with E-state index >= 15 is 0 Å². The number of halogens is 4. The summed E-state index contributed by atoms with van der Waals surface area (Å²) in [4.78, 5) is 4.53. The van der Waals surface area contributed by atoms with E-state index in [1.807, 2.05) is 0 Å². The van der Waals surface area contributed by atoms with Crippen LogP contribution in [0.3, 0.4) is 0 Å². The van der Waals surface area contributed by atoms with Gasteiger partial charge in [0.1, 0.15) is 5.82 Å². The van der Waals surface area contributed by atoms with E-state index in [-0.39, 0.29) is 5.82 Å². The lowest BCUT2D eigenvalue weighted by atomic mass is 9.99. The number of benzene rings is 3. The molecule has 0 radical (unpaired) electrons. The van der Waals surface area contributed by atoms with Crippen molar-refractivity contribution in [2.75, 3.05) is 0 Å². The maximum Gasteiger partial charge on any atom is 0.416 e. The second kappa shape index (κ2) is 6.92. The zero-order valence-corrected chi connectivity index (χ0v) is 14.3. The highest BCUT2D eigenvalue weighted by molar-refractivity contribution is 6.18. The van der Waals surface area contributed by atoms with Crippen molar-refractivity contribution in [3.05, 3.63) is 101 Å². The fourth-order valence-electron chi connectivity index (χ4n) is 2.89. The van der Waals surface area contributed by atoms with E-state index in [4.69, 9.17) is 0 Å². The van der Waals surface area contributed by atoms with Crippen molar-refractivity contribution in [2.45, 2.75) is 6.18 Å². The van der Waals surface area contributed by atoms with Gasteiger partial charge in [-0.25, -0.2) is 9.38 Å². The smallest absolute Gasteiger partial charge is 0.260 e. The number of hydrogen-bond acceptors (Lipinski definition) is 3. The summed E-state index contributed by atoms with van der Waals surface area (Å²) < 4.78 is 52.6. The number of para-hydroxylation sites is 1. The summed E-state index contributed by atoms with van der Waals surface area (Å²) in [5, 5.41) is 4.31. The highest BCUT2D eigenvalue weighted by Crippen LogP contribution is 2.31. The molecule has 140 valence electrons. The van der Waals surface area contributed by atoms with Crippen molar-refractivity contribution >= 4 is 17.2 Å². The Morgan fingerprint density at radius 3 is 2.29 bits per heavy atom. The predicted molar refractivity (Wildman–Crippen MR) is 99.3 cm³/mol. The molecule has 3 aromatic rings. The quantitative estimate of drug-likeness (QED) is 0.601. The van der Waals surface area contributed by atoms with Crippen molar-refractivity contribution in [1.82, 2.24) is 5.43 Å². The fourth-order valence-corrected chi connectivity index (χ4v) is 2.89. The summed E-state index contributed by atoms with van der Waals surface area (Å²) in [5.41, 5.74) is 4.43. The van der Waals surface area contributed by atoms with E-state index in [0.717, 1.165) is 12.1 Å². The largest absolute Gasteiger partial charge is 0.416 e. The molecule has 0 spiro atoms. The van der Waals surface area contributed by atoms with E-state index in [0.29, 0.717) is 33.9 Å². The first-order valence-corrected chi connectivity index (χ1v) is 8.37. The average molecular weight is 383 g/mol. The van der Waals surface area contributed by atoms with Gasteiger partial charge >= 0.3 is 6.18 Å². The molecular formula is C21H13F4N3. The molecule has 1 N–H and O–H groups in total. The van der Waals surface area contributed by atoms with Crippen LogP contribution in [0.15, 0.2) is 82.9 Å². The minimum absolute atomic E-state index is 0.310. The minimum atomic E-state index is -4.45. The summed E-state index contributed by atoms with van der Waals surface area (Å²) in [6, 6.07) is 17.7. The summed E-state index contributed by atoms with van der Waals surface area (Å²) in [6.07, 6.45) is -4.45. The average Bonchev–Trinajstić information content (AvgIpc) is 2.88. The van der Waals surface area contributed by atoms with Gasteiger partial charge in [-0.05, 0) is 42.5 Å². The summed E-state index contributed by atoms with van der Waals surface area (Å²) in [6.45, 7) is 0. The van der Waals surface area contributed by atoms with Gasteiger partial charge in [-0.1, -0.05) is 30.3 Å². The van der Waals surface area contributed by atoms with Crippen molar-refractivity contribution < 1.29 is 17.6 Å². The van der Waals surface area contributed by atoms with Crippen LogP contribution in [0.1, 0.15) is 22.3 Å². The fraction of sp³-hybridized carbons (Fsp3) is 0.0476. The summed E-state index contributed by atoms with van der Waals surface area (Å²) >= 11 is 0. The molecule has 1 aliphatic rings. The third-order valence-corrected chi connectivity index (χ3v) is 4.25. The summed E-state index contributed by atoms with van der Waals surface area (Å²) in [7, 11) is 0. The molecule has 28 heavy (non-hydrogen) atoms. The minimum Gasteiger partial charge on any atom is -0.260 e. The predicted octanol–water partition coefficient (Wildman–Crippen LogP) is 5.28. The number of amidine groups is 1. The van der Waals surface area contributed by atoms with Crippen LogP contribution in [0.5, 0.6) is 0 Å². The van der Waals surface area contributed by atoms with Crippen LogP contribution in [0.25, 0.3) is 0 Å². The molecule has 1 aliphatic heterocycles. The SMILES string of the molecule is Fc1ccc(C2=Nc3ccccc3C(c3cccc(C(F)(F)F)c3)=NN2)cc1. The van der Waals surface area contributed by atoms with Crippen LogP contribution >= 0.6 is 0 Å². The lowest BCUT2D eigenvalue weighted by molar-refractivity contribution is -0.137. The molecule has 0 aromatic heterocycles. The molecule has 1 heterocycles. The number of hydrogen-bond donors (Lipinski definition) is 1. The van der Waals surface area contributed by atoms with E-state index in [1.54, 1.807) is 42.5 Å². The lowest BCUT2D eigenvalue weighted by Gasteiger charge is -2.11. The van der Waals surface area contributed by atoms with Crippen molar-refractivity contribution in [1.29, 1.82) is 0 Å². The Kier molecular flexibility index (Phi) is 4.43. The van der Waals surface area contributed by atoms with Gasteiger partial charge in [0, 0.05) is 16.7 Å². The first-order chi connectivity index (χ1) is 13.4. The highest BCUT2D eigenvalue weighted by Gasteiger charge is 2.31. The van der Waals surface area contributed by atoms with Crippen LogP contribution < -0.4 is 5.43 Å². The number of nitrogens with one attached hydrogen (secondary N) is 1. The van der Waals surface area contributed by atoms with Crippen LogP contribution in [-0.4, -0.2) is 11.5 Å². The van der Waals surface area contributed by atoms with E-state index < -0.39 is 11.7 Å². The molecule has 0 aliphatic carbocycles. The Labute approximate surface area is 158 Å². The third-order valence-electron chi connectivity index (χ3n) is 4.25. The van der Waals surface area contributed by atoms with Gasteiger partial charge in [0.05, 0.1) is 17.0 Å². The van der Waals surface area contributed by atoms with E-state index in [9.17, 15) is 17.6 Å². The zero-order chi connectivity index (χ0) is 19.7. The van der Waals surface area contributed by atoms with Crippen LogP contribution in [0, 0.1) is 5.82 Å². The van der Waals surface area contributed by atoms with Gasteiger partial charge in [-0.2, -0.15) is 18.3 Å². The molecule has 3 nitrogen and oxygen atoms in total. The Bertz CT molecular complexity index is 1080. The number of alkyl halides is 3. The molecule has 0 saturated carbocycles. The molecule has 0 atom stereocenters. The molecule has 0 saturated heterocycles. The number of aliphatic imine (C=N–C) groups is 1. The summed E-state index contributed by atoms with van der Waals surface area (Å²) in [5.74, 6) is -0.0130. The van der Waals surface area contributed by atoms with Crippen molar-refractivity contribution in [3.8, 4) is 0 Å². The Balaban J connectivity index is 1.82. The lowest BCUT2D eigenvalue weighted by Crippen LogP contribution is -2.20. The van der Waals surface area contributed by atoms with Gasteiger partial charge in [0.25, 0.3) is 0 Å². The molecule has 0 amide bonds. The Morgan fingerprint density at radius 2 is 1.54 bits per heavy atom. The van der Waals surface area contributed by atoms with E-state index in [1.165, 1.54) is 18.2 Å². The number of fused-ring (bicyclic) bond motifs is 1.